The molecule has 0 N–H and O–H groups in total. The second-order valence-electron chi connectivity index (χ2n) is 12.8. The molecule has 2 heterocycles. The van der Waals surface area contributed by atoms with Gasteiger partial charge in [0.2, 0.25) is 0 Å². The molecule has 0 amide bonds. The average molecular weight is 623 g/mol. The van der Waals surface area contributed by atoms with Crippen molar-refractivity contribution in [3.8, 4) is 44.8 Å². The van der Waals surface area contributed by atoms with Crippen molar-refractivity contribution < 1.29 is 0 Å². The van der Waals surface area contributed by atoms with Crippen molar-refractivity contribution in [2.45, 2.75) is 0 Å². The Hall–Kier alpha value is -6.51. The molecule has 0 spiro atoms. The molecule has 2 aromatic heterocycles. The van der Waals surface area contributed by atoms with Gasteiger partial charge in [0.15, 0.2) is 0 Å². The van der Waals surface area contributed by atoms with E-state index >= 15 is 0 Å². The van der Waals surface area contributed by atoms with Crippen LogP contribution in [0.4, 0.5) is 0 Å². The van der Waals surface area contributed by atoms with Crippen LogP contribution in [0.2, 0.25) is 0 Å². The van der Waals surface area contributed by atoms with E-state index in [0.717, 1.165) is 39.1 Å². The molecule has 0 aliphatic rings. The van der Waals surface area contributed by atoms with Crippen molar-refractivity contribution in [3.05, 3.63) is 182 Å². The summed E-state index contributed by atoms with van der Waals surface area (Å²) in [5.41, 5.74) is 11.4. The highest BCUT2D eigenvalue weighted by Gasteiger charge is 2.21. The van der Waals surface area contributed by atoms with Crippen LogP contribution in [-0.4, -0.2) is 9.38 Å². The largest absolute Gasteiger partial charge is 0.291 e. The highest BCUT2D eigenvalue weighted by molar-refractivity contribution is 6.14. The lowest BCUT2D eigenvalue weighted by Gasteiger charge is -2.13. The zero-order chi connectivity index (χ0) is 32.3. The second kappa shape index (κ2) is 11.0. The first-order chi connectivity index (χ1) is 24.3. The van der Waals surface area contributed by atoms with Crippen LogP contribution >= 0.6 is 0 Å². The minimum Gasteiger partial charge on any atom is -0.291 e. The quantitative estimate of drug-likeness (QED) is 0.179. The van der Waals surface area contributed by atoms with Gasteiger partial charge < -0.3 is 0 Å². The van der Waals surface area contributed by atoms with Gasteiger partial charge in [0.05, 0.1) is 16.9 Å². The standard InChI is InChI=1S/C47H30N2/c1-3-12-32(13-4-1)45-46(33-14-5-2-6-15-33)49-44-18-10-9-17-41(44)43-30-40(25-26-42(43)47(49)48-45)39-24-23-37-28-36(21-22-38(37)29-39)35-20-19-31-11-7-8-16-34(31)27-35/h1-30H. The van der Waals surface area contributed by atoms with Crippen LogP contribution in [0, 0.1) is 0 Å². The van der Waals surface area contributed by atoms with Gasteiger partial charge >= 0.3 is 0 Å². The van der Waals surface area contributed by atoms with Gasteiger partial charge in [0.25, 0.3) is 0 Å². The van der Waals surface area contributed by atoms with Gasteiger partial charge in [-0.3, -0.25) is 4.40 Å². The number of imidazole rings is 1. The van der Waals surface area contributed by atoms with Gasteiger partial charge in [-0.05, 0) is 85.6 Å². The highest BCUT2D eigenvalue weighted by atomic mass is 15.0. The Morgan fingerprint density at radius 1 is 0.327 bits per heavy atom. The van der Waals surface area contributed by atoms with Crippen LogP contribution in [0.1, 0.15) is 0 Å². The molecular formula is C47H30N2. The molecule has 2 nitrogen and oxygen atoms in total. The van der Waals surface area contributed by atoms with E-state index < -0.39 is 0 Å². The predicted molar refractivity (Wildman–Crippen MR) is 207 cm³/mol. The molecule has 0 aliphatic heterocycles. The number of benzene rings is 8. The first-order valence-electron chi connectivity index (χ1n) is 16.8. The van der Waals surface area contributed by atoms with Gasteiger partial charge in [-0.1, -0.05) is 146 Å². The van der Waals surface area contributed by atoms with E-state index in [1.165, 1.54) is 54.6 Å². The van der Waals surface area contributed by atoms with Gasteiger partial charge in [0, 0.05) is 21.9 Å². The van der Waals surface area contributed by atoms with E-state index in [9.17, 15) is 0 Å². The topological polar surface area (TPSA) is 17.3 Å². The van der Waals surface area contributed by atoms with Crippen LogP contribution in [-0.2, 0) is 0 Å². The van der Waals surface area contributed by atoms with E-state index in [2.05, 4.69) is 186 Å². The lowest BCUT2D eigenvalue weighted by molar-refractivity contribution is 1.27. The number of para-hydroxylation sites is 1. The first-order valence-corrected chi connectivity index (χ1v) is 16.8. The van der Waals surface area contributed by atoms with E-state index in [-0.39, 0.29) is 0 Å². The molecule has 0 bridgehead atoms. The lowest BCUT2D eigenvalue weighted by Crippen LogP contribution is -1.94. The Morgan fingerprint density at radius 3 is 1.53 bits per heavy atom. The number of aromatic nitrogens is 2. The molecular weight excluding hydrogens is 593 g/mol. The Balaban J connectivity index is 1.14. The summed E-state index contributed by atoms with van der Waals surface area (Å²) in [7, 11) is 0. The molecule has 10 aromatic rings. The Kier molecular flexibility index (Phi) is 6.22. The Bertz CT molecular complexity index is 2860. The second-order valence-corrected chi connectivity index (χ2v) is 12.8. The molecule has 0 fully saturated rings. The summed E-state index contributed by atoms with van der Waals surface area (Å²) in [5, 5.41) is 8.56. The first kappa shape index (κ1) is 27.6. The monoisotopic (exact) mass is 622 g/mol. The van der Waals surface area contributed by atoms with Gasteiger partial charge in [-0.2, -0.15) is 0 Å². The number of rotatable bonds is 4. The lowest BCUT2D eigenvalue weighted by atomic mass is 9.95. The molecule has 0 aliphatic carbocycles. The zero-order valence-electron chi connectivity index (χ0n) is 26.7. The third kappa shape index (κ3) is 4.53. The van der Waals surface area contributed by atoms with Gasteiger partial charge in [0.1, 0.15) is 5.65 Å². The summed E-state index contributed by atoms with van der Waals surface area (Å²) >= 11 is 0. The molecule has 10 rings (SSSR count). The summed E-state index contributed by atoms with van der Waals surface area (Å²) < 4.78 is 2.36. The number of pyridine rings is 1. The molecule has 228 valence electrons. The number of fused-ring (bicyclic) bond motifs is 8. The highest BCUT2D eigenvalue weighted by Crippen LogP contribution is 2.40. The van der Waals surface area contributed by atoms with Gasteiger partial charge in [-0.25, -0.2) is 4.98 Å². The molecule has 2 heteroatoms. The van der Waals surface area contributed by atoms with Crippen molar-refractivity contribution in [3.63, 3.8) is 0 Å². The fourth-order valence-electron chi connectivity index (χ4n) is 7.51. The van der Waals surface area contributed by atoms with Crippen molar-refractivity contribution in [1.29, 1.82) is 0 Å². The maximum absolute atomic E-state index is 5.39. The normalized spacial score (nSPS) is 11.7. The van der Waals surface area contributed by atoms with Gasteiger partial charge in [-0.15, -0.1) is 0 Å². The summed E-state index contributed by atoms with van der Waals surface area (Å²) in [6, 6.07) is 65.7. The molecule has 49 heavy (non-hydrogen) atoms. The van der Waals surface area contributed by atoms with Crippen LogP contribution in [0.5, 0.6) is 0 Å². The summed E-state index contributed by atoms with van der Waals surface area (Å²) in [4.78, 5) is 5.39. The minimum atomic E-state index is 0.970. The molecule has 8 aromatic carbocycles. The average Bonchev–Trinajstić information content (AvgIpc) is 3.59. The zero-order valence-corrected chi connectivity index (χ0v) is 26.7. The molecule has 0 saturated carbocycles. The number of hydrogen-bond acceptors (Lipinski definition) is 1. The SMILES string of the molecule is c1ccc(-c2nc3c4ccc(-c5ccc6cc(-c7ccc8ccccc8c7)ccc6c5)cc4c4ccccc4n3c2-c2ccccc2)cc1. The van der Waals surface area contributed by atoms with Crippen LogP contribution in [0.25, 0.3) is 93.6 Å². The Labute approximate surface area is 284 Å². The Morgan fingerprint density at radius 2 is 0.837 bits per heavy atom. The number of nitrogens with zero attached hydrogens (tertiary/aromatic N) is 2. The van der Waals surface area contributed by atoms with E-state index in [4.69, 9.17) is 4.98 Å². The fraction of sp³-hybridized carbons (Fsp3) is 0. The molecule has 0 saturated heterocycles. The smallest absolute Gasteiger partial charge is 0.146 e. The van der Waals surface area contributed by atoms with Crippen LogP contribution in [0.3, 0.4) is 0 Å². The molecule has 0 radical (unpaired) electrons. The van der Waals surface area contributed by atoms with Crippen molar-refractivity contribution in [1.82, 2.24) is 9.38 Å². The summed E-state index contributed by atoms with van der Waals surface area (Å²) in [6.45, 7) is 0. The maximum Gasteiger partial charge on any atom is 0.146 e. The van der Waals surface area contributed by atoms with Crippen LogP contribution in [0.15, 0.2) is 182 Å². The number of hydrogen-bond donors (Lipinski definition) is 0. The van der Waals surface area contributed by atoms with E-state index in [1.54, 1.807) is 0 Å². The molecule has 0 atom stereocenters. The maximum atomic E-state index is 5.39. The summed E-state index contributed by atoms with van der Waals surface area (Å²) in [6.07, 6.45) is 0. The fourth-order valence-corrected chi connectivity index (χ4v) is 7.51. The van der Waals surface area contributed by atoms with E-state index in [0.29, 0.717) is 0 Å². The van der Waals surface area contributed by atoms with Crippen LogP contribution < -0.4 is 0 Å². The molecule has 0 unspecified atom stereocenters. The minimum absolute atomic E-state index is 0.970. The van der Waals surface area contributed by atoms with E-state index in [1.807, 2.05) is 0 Å². The van der Waals surface area contributed by atoms with Crippen molar-refractivity contribution in [2.75, 3.05) is 0 Å². The third-order valence-electron chi connectivity index (χ3n) is 9.92. The predicted octanol–water partition coefficient (Wildman–Crippen LogP) is 12.6. The summed E-state index contributed by atoms with van der Waals surface area (Å²) in [5.74, 6) is 0. The van der Waals surface area contributed by atoms with Crippen molar-refractivity contribution in [2.24, 2.45) is 0 Å². The van der Waals surface area contributed by atoms with Crippen molar-refractivity contribution >= 4 is 48.9 Å². The third-order valence-corrected chi connectivity index (χ3v) is 9.92.